The summed E-state index contributed by atoms with van der Waals surface area (Å²) in [6, 6.07) is 1.69. The molecule has 1 aromatic rings. The molecule has 0 bridgehead atoms. The number of pyridine rings is 1. The van der Waals surface area contributed by atoms with E-state index in [-0.39, 0.29) is 6.10 Å². The van der Waals surface area contributed by atoms with E-state index in [0.29, 0.717) is 33.6 Å². The highest BCUT2D eigenvalue weighted by molar-refractivity contribution is 6.36. The van der Waals surface area contributed by atoms with Gasteiger partial charge in [-0.25, -0.2) is 0 Å². The van der Waals surface area contributed by atoms with Crippen molar-refractivity contribution >= 4 is 29.0 Å². The summed E-state index contributed by atoms with van der Waals surface area (Å²) in [5, 5.41) is 4.11. The molecule has 1 aliphatic rings. The van der Waals surface area contributed by atoms with E-state index in [0.717, 1.165) is 19.4 Å². The summed E-state index contributed by atoms with van der Waals surface area (Å²) < 4.78 is 6.03. The summed E-state index contributed by atoms with van der Waals surface area (Å²) in [6.45, 7) is 7.29. The van der Waals surface area contributed by atoms with Gasteiger partial charge in [-0.05, 0) is 44.1 Å². The highest BCUT2D eigenvalue weighted by atomic mass is 35.5. The molecule has 2 unspecified atom stereocenters. The average molecular weight is 317 g/mol. The molecule has 0 spiro atoms. The highest BCUT2D eigenvalue weighted by Crippen LogP contribution is 2.35. The molecule has 0 aromatic carbocycles. The van der Waals surface area contributed by atoms with Gasteiger partial charge in [0.05, 0.1) is 5.02 Å². The molecule has 0 aliphatic heterocycles. The Morgan fingerprint density at radius 2 is 1.85 bits per heavy atom. The third kappa shape index (κ3) is 3.92. The van der Waals surface area contributed by atoms with Gasteiger partial charge in [0.1, 0.15) is 16.9 Å². The van der Waals surface area contributed by atoms with Crippen LogP contribution in [0.1, 0.15) is 40.0 Å². The Balaban J connectivity index is 2.13. The molecule has 1 N–H and O–H groups in total. The predicted octanol–water partition coefficient (Wildman–Crippen LogP) is 5.02. The maximum atomic E-state index is 6.19. The van der Waals surface area contributed by atoms with Crippen LogP contribution in [0.5, 0.6) is 5.88 Å². The number of aromatic nitrogens is 1. The maximum absolute atomic E-state index is 6.19. The van der Waals surface area contributed by atoms with Crippen LogP contribution >= 0.6 is 23.2 Å². The maximum Gasteiger partial charge on any atom is 0.234 e. The molecule has 5 heteroatoms. The van der Waals surface area contributed by atoms with Gasteiger partial charge in [-0.3, -0.25) is 0 Å². The molecular weight excluding hydrogens is 295 g/mol. The first-order valence-corrected chi connectivity index (χ1v) is 8.01. The summed E-state index contributed by atoms with van der Waals surface area (Å²) in [7, 11) is 0. The minimum atomic E-state index is 0.189. The van der Waals surface area contributed by atoms with E-state index in [1.807, 2.05) is 6.92 Å². The van der Waals surface area contributed by atoms with Gasteiger partial charge in [0.2, 0.25) is 5.88 Å². The van der Waals surface area contributed by atoms with E-state index in [1.54, 1.807) is 6.07 Å². The van der Waals surface area contributed by atoms with Gasteiger partial charge in [-0.2, -0.15) is 4.98 Å². The van der Waals surface area contributed by atoms with Crippen molar-refractivity contribution in [1.29, 1.82) is 0 Å². The molecule has 1 fully saturated rings. The van der Waals surface area contributed by atoms with E-state index >= 15 is 0 Å². The van der Waals surface area contributed by atoms with Crippen LogP contribution in [0, 0.1) is 11.8 Å². The second kappa shape index (κ2) is 6.86. The molecular formula is C15H22Cl2N2O. The molecule has 2 rings (SSSR count). The van der Waals surface area contributed by atoms with Crippen molar-refractivity contribution in [2.75, 3.05) is 11.9 Å². The van der Waals surface area contributed by atoms with Crippen LogP contribution in [0.2, 0.25) is 10.0 Å². The van der Waals surface area contributed by atoms with Gasteiger partial charge in [0, 0.05) is 6.54 Å². The fourth-order valence-corrected chi connectivity index (χ4v) is 3.42. The molecule has 1 heterocycles. The van der Waals surface area contributed by atoms with Gasteiger partial charge < -0.3 is 10.1 Å². The molecule has 1 saturated carbocycles. The first kappa shape index (κ1) is 15.7. The molecule has 1 aromatic heterocycles. The van der Waals surface area contributed by atoms with Gasteiger partial charge in [0.25, 0.3) is 0 Å². The minimum Gasteiger partial charge on any atom is -0.473 e. The summed E-state index contributed by atoms with van der Waals surface area (Å²) in [5.41, 5.74) is 0. The quantitative estimate of drug-likeness (QED) is 0.846. The summed E-state index contributed by atoms with van der Waals surface area (Å²) in [4.78, 5) is 4.41. The van der Waals surface area contributed by atoms with Crippen molar-refractivity contribution in [3.05, 3.63) is 16.1 Å². The Morgan fingerprint density at radius 1 is 1.20 bits per heavy atom. The summed E-state index contributed by atoms with van der Waals surface area (Å²) in [5.74, 6) is 2.48. The first-order valence-electron chi connectivity index (χ1n) is 7.26. The fourth-order valence-electron chi connectivity index (χ4n) is 2.95. The summed E-state index contributed by atoms with van der Waals surface area (Å²) >= 11 is 12.3. The van der Waals surface area contributed by atoms with Crippen molar-refractivity contribution in [1.82, 2.24) is 4.98 Å². The lowest BCUT2D eigenvalue weighted by molar-refractivity contribution is 0.0969. The fraction of sp³-hybridized carbons (Fsp3) is 0.667. The molecule has 2 atom stereocenters. The Morgan fingerprint density at radius 3 is 2.45 bits per heavy atom. The molecule has 1 aliphatic carbocycles. The number of hydrogen-bond acceptors (Lipinski definition) is 3. The predicted molar refractivity (Wildman–Crippen MR) is 85.0 cm³/mol. The van der Waals surface area contributed by atoms with E-state index in [9.17, 15) is 0 Å². The third-order valence-corrected chi connectivity index (χ3v) is 4.21. The number of nitrogens with zero attached hydrogens (tertiary/aromatic N) is 1. The average Bonchev–Trinajstić information content (AvgIpc) is 2.34. The standard InChI is InChI=1S/C15H22Cl2N2O/c1-4-18-14-12(16)8-13(17)15(19-14)20-11-6-9(2)5-10(3)7-11/h8-11H,4-7H2,1-3H3,(H,18,19). The van der Waals surface area contributed by atoms with Crippen LogP contribution in [0.3, 0.4) is 0 Å². The van der Waals surface area contributed by atoms with E-state index in [1.165, 1.54) is 6.42 Å². The van der Waals surface area contributed by atoms with Crippen molar-refractivity contribution in [2.45, 2.75) is 46.1 Å². The van der Waals surface area contributed by atoms with Crippen LogP contribution in [-0.2, 0) is 0 Å². The lowest BCUT2D eigenvalue weighted by Crippen LogP contribution is -2.29. The number of nitrogens with one attached hydrogen (secondary N) is 1. The zero-order valence-corrected chi connectivity index (χ0v) is 13.8. The van der Waals surface area contributed by atoms with Crippen molar-refractivity contribution in [2.24, 2.45) is 11.8 Å². The SMILES string of the molecule is CCNc1nc(OC2CC(C)CC(C)C2)c(Cl)cc1Cl. The van der Waals surface area contributed by atoms with Gasteiger partial charge >= 0.3 is 0 Å². The zero-order valence-electron chi connectivity index (χ0n) is 12.2. The van der Waals surface area contributed by atoms with Crippen LogP contribution in [0.25, 0.3) is 0 Å². The lowest BCUT2D eigenvalue weighted by atomic mass is 9.82. The molecule has 0 saturated heterocycles. The van der Waals surface area contributed by atoms with Crippen molar-refractivity contribution < 1.29 is 4.74 Å². The Bertz CT molecular complexity index is 457. The van der Waals surface area contributed by atoms with Crippen LogP contribution < -0.4 is 10.1 Å². The summed E-state index contributed by atoms with van der Waals surface area (Å²) in [6.07, 6.45) is 3.57. The first-order chi connectivity index (χ1) is 9.49. The van der Waals surface area contributed by atoms with E-state index in [4.69, 9.17) is 27.9 Å². The van der Waals surface area contributed by atoms with Crippen LogP contribution in [0.4, 0.5) is 5.82 Å². The van der Waals surface area contributed by atoms with Crippen LogP contribution in [0.15, 0.2) is 6.07 Å². The highest BCUT2D eigenvalue weighted by Gasteiger charge is 2.26. The number of ether oxygens (including phenoxy) is 1. The number of rotatable bonds is 4. The zero-order chi connectivity index (χ0) is 14.7. The van der Waals surface area contributed by atoms with E-state index in [2.05, 4.69) is 24.1 Å². The van der Waals surface area contributed by atoms with Gasteiger partial charge in [-0.15, -0.1) is 0 Å². The normalized spacial score (nSPS) is 26.4. The number of hydrogen-bond donors (Lipinski definition) is 1. The smallest absolute Gasteiger partial charge is 0.234 e. The molecule has 0 radical (unpaired) electrons. The largest absolute Gasteiger partial charge is 0.473 e. The molecule has 112 valence electrons. The Labute approximate surface area is 131 Å². The van der Waals surface area contributed by atoms with Crippen LogP contribution in [-0.4, -0.2) is 17.6 Å². The second-order valence-corrected chi connectivity index (χ2v) is 6.61. The molecule has 20 heavy (non-hydrogen) atoms. The van der Waals surface area contributed by atoms with Gasteiger partial charge in [-0.1, -0.05) is 37.0 Å². The Hall–Kier alpha value is -0.670. The van der Waals surface area contributed by atoms with Crippen molar-refractivity contribution in [3.63, 3.8) is 0 Å². The molecule has 0 amide bonds. The minimum absolute atomic E-state index is 0.189. The number of halogens is 2. The monoisotopic (exact) mass is 316 g/mol. The van der Waals surface area contributed by atoms with Gasteiger partial charge in [0.15, 0.2) is 0 Å². The topological polar surface area (TPSA) is 34.2 Å². The molecule has 3 nitrogen and oxygen atoms in total. The lowest BCUT2D eigenvalue weighted by Gasteiger charge is -2.31. The van der Waals surface area contributed by atoms with E-state index < -0.39 is 0 Å². The third-order valence-electron chi connectivity index (χ3n) is 3.66. The second-order valence-electron chi connectivity index (χ2n) is 5.79. The number of anilines is 1. The van der Waals surface area contributed by atoms with Crippen molar-refractivity contribution in [3.8, 4) is 5.88 Å². The Kier molecular flexibility index (Phi) is 5.39.